The lowest BCUT2D eigenvalue weighted by Crippen LogP contribution is -2.40. The predicted molar refractivity (Wildman–Crippen MR) is 92.2 cm³/mol. The van der Waals surface area contributed by atoms with E-state index in [1.54, 1.807) is 18.2 Å². The third kappa shape index (κ3) is 3.39. The summed E-state index contributed by atoms with van der Waals surface area (Å²) < 4.78 is 0. The zero-order chi connectivity index (χ0) is 15.7. The number of benzene rings is 1. The van der Waals surface area contributed by atoms with Crippen LogP contribution in [0.5, 0.6) is 0 Å². The molecular formula is C15H17ClN4OS. The third-order valence-corrected chi connectivity index (χ3v) is 4.24. The topological polar surface area (TPSA) is 61.0 Å². The van der Waals surface area contributed by atoms with Gasteiger partial charge in [0.1, 0.15) is 5.82 Å². The first-order valence-electron chi connectivity index (χ1n) is 7.30. The van der Waals surface area contributed by atoms with Gasteiger partial charge < -0.3 is 15.2 Å². The summed E-state index contributed by atoms with van der Waals surface area (Å²) in [6.45, 7) is 3.24. The average Bonchev–Trinajstić information content (AvgIpc) is 3.28. The lowest BCUT2D eigenvalue weighted by atomic mass is 10.2. The number of rotatable bonds is 4. The molecule has 1 saturated carbocycles. The van der Waals surface area contributed by atoms with Gasteiger partial charge in [0.2, 0.25) is 0 Å². The van der Waals surface area contributed by atoms with E-state index in [0.29, 0.717) is 39.4 Å². The van der Waals surface area contributed by atoms with Gasteiger partial charge in [-0.3, -0.25) is 4.79 Å². The summed E-state index contributed by atoms with van der Waals surface area (Å²) in [4.78, 5) is 21.4. The third-order valence-electron chi connectivity index (χ3n) is 3.63. The molecule has 116 valence electrons. The maximum atomic E-state index is 12.1. The molecule has 2 aromatic rings. The molecule has 0 saturated heterocycles. The SMILES string of the molecule is CCN(Cc1nc2cc(Cl)ccc2c(=O)[nH]1)C(=S)NC1CC1. The van der Waals surface area contributed by atoms with E-state index >= 15 is 0 Å². The highest BCUT2D eigenvalue weighted by Crippen LogP contribution is 2.19. The molecule has 0 aliphatic heterocycles. The molecule has 5 nitrogen and oxygen atoms in total. The minimum atomic E-state index is -0.159. The van der Waals surface area contributed by atoms with Crippen LogP contribution < -0.4 is 10.9 Å². The van der Waals surface area contributed by atoms with Crippen LogP contribution in [0.15, 0.2) is 23.0 Å². The number of H-pyrrole nitrogens is 1. The Morgan fingerprint density at radius 3 is 3.00 bits per heavy atom. The standard InChI is InChI=1S/C15H17ClN4OS/c1-2-20(15(22)17-10-4-5-10)8-13-18-12-7-9(16)3-6-11(12)14(21)19-13/h3,6-7,10H,2,4-5,8H2,1H3,(H,17,22)(H,18,19,21). The molecule has 1 aliphatic rings. The number of halogens is 1. The lowest BCUT2D eigenvalue weighted by molar-refractivity contribution is 0.414. The maximum Gasteiger partial charge on any atom is 0.258 e. The van der Waals surface area contributed by atoms with Crippen molar-refractivity contribution in [3.8, 4) is 0 Å². The van der Waals surface area contributed by atoms with Crippen LogP contribution >= 0.6 is 23.8 Å². The Kier molecular flexibility index (Phi) is 4.31. The summed E-state index contributed by atoms with van der Waals surface area (Å²) in [6, 6.07) is 5.58. The van der Waals surface area contributed by atoms with E-state index in [1.807, 2.05) is 11.8 Å². The van der Waals surface area contributed by atoms with Crippen LogP contribution in [0.4, 0.5) is 0 Å². The summed E-state index contributed by atoms with van der Waals surface area (Å²) >= 11 is 11.4. The molecular weight excluding hydrogens is 320 g/mol. The fourth-order valence-corrected chi connectivity index (χ4v) is 2.76. The fourth-order valence-electron chi connectivity index (χ4n) is 2.24. The smallest absolute Gasteiger partial charge is 0.258 e. The van der Waals surface area contributed by atoms with Crippen LogP contribution in [-0.2, 0) is 6.54 Å². The van der Waals surface area contributed by atoms with Crippen molar-refractivity contribution in [1.82, 2.24) is 20.2 Å². The molecule has 22 heavy (non-hydrogen) atoms. The van der Waals surface area contributed by atoms with E-state index in [4.69, 9.17) is 23.8 Å². The molecule has 0 bridgehead atoms. The van der Waals surface area contributed by atoms with Crippen molar-refractivity contribution in [2.75, 3.05) is 6.54 Å². The van der Waals surface area contributed by atoms with Gasteiger partial charge in [0.15, 0.2) is 5.11 Å². The van der Waals surface area contributed by atoms with E-state index < -0.39 is 0 Å². The van der Waals surface area contributed by atoms with Gasteiger partial charge in [-0.15, -0.1) is 0 Å². The molecule has 1 fully saturated rings. The Hall–Kier alpha value is -1.66. The van der Waals surface area contributed by atoms with Crippen LogP contribution in [0.1, 0.15) is 25.6 Å². The van der Waals surface area contributed by atoms with E-state index in [1.165, 1.54) is 12.8 Å². The maximum absolute atomic E-state index is 12.1. The molecule has 1 aliphatic carbocycles. The van der Waals surface area contributed by atoms with Crippen molar-refractivity contribution in [1.29, 1.82) is 0 Å². The molecule has 0 amide bonds. The first-order valence-corrected chi connectivity index (χ1v) is 8.09. The molecule has 1 heterocycles. The van der Waals surface area contributed by atoms with E-state index in [0.717, 1.165) is 6.54 Å². The van der Waals surface area contributed by atoms with Crippen molar-refractivity contribution < 1.29 is 0 Å². The highest BCUT2D eigenvalue weighted by atomic mass is 35.5. The van der Waals surface area contributed by atoms with E-state index in [-0.39, 0.29) is 5.56 Å². The molecule has 7 heteroatoms. The van der Waals surface area contributed by atoms with E-state index in [2.05, 4.69) is 15.3 Å². The molecule has 0 unspecified atom stereocenters. The number of hydrogen-bond donors (Lipinski definition) is 2. The number of nitrogens with one attached hydrogen (secondary N) is 2. The van der Waals surface area contributed by atoms with Gasteiger partial charge in [-0.1, -0.05) is 11.6 Å². The average molecular weight is 337 g/mol. The number of thiocarbonyl (C=S) groups is 1. The summed E-state index contributed by atoms with van der Waals surface area (Å²) in [5.41, 5.74) is 0.442. The minimum absolute atomic E-state index is 0.159. The predicted octanol–water partition coefficient (Wildman–Crippen LogP) is 2.44. The van der Waals surface area contributed by atoms with Crippen molar-refractivity contribution in [2.45, 2.75) is 32.4 Å². The van der Waals surface area contributed by atoms with Gasteiger partial charge in [0.05, 0.1) is 17.4 Å². The van der Waals surface area contributed by atoms with Crippen LogP contribution in [0, 0.1) is 0 Å². The Balaban J connectivity index is 1.85. The summed E-state index contributed by atoms with van der Waals surface area (Å²) in [5.74, 6) is 0.585. The normalized spacial score (nSPS) is 14.1. The van der Waals surface area contributed by atoms with E-state index in [9.17, 15) is 4.79 Å². The summed E-state index contributed by atoms with van der Waals surface area (Å²) in [5, 5.41) is 5.11. The van der Waals surface area contributed by atoms with Gasteiger partial charge >= 0.3 is 0 Å². The van der Waals surface area contributed by atoms with Crippen molar-refractivity contribution in [2.24, 2.45) is 0 Å². The first kappa shape index (κ1) is 15.2. The van der Waals surface area contributed by atoms with Gasteiger partial charge in [-0.25, -0.2) is 4.98 Å². The fraction of sp³-hybridized carbons (Fsp3) is 0.400. The number of hydrogen-bond acceptors (Lipinski definition) is 3. The Bertz CT molecular complexity index is 772. The highest BCUT2D eigenvalue weighted by Gasteiger charge is 2.23. The summed E-state index contributed by atoms with van der Waals surface area (Å²) in [6.07, 6.45) is 2.34. The number of fused-ring (bicyclic) bond motifs is 1. The zero-order valence-electron chi connectivity index (χ0n) is 12.2. The largest absolute Gasteiger partial charge is 0.360 e. The van der Waals surface area contributed by atoms with Crippen LogP contribution in [0.25, 0.3) is 10.9 Å². The second-order valence-electron chi connectivity index (χ2n) is 5.41. The van der Waals surface area contributed by atoms with Crippen LogP contribution in [0.2, 0.25) is 5.02 Å². The van der Waals surface area contributed by atoms with Crippen LogP contribution in [0.3, 0.4) is 0 Å². The second-order valence-corrected chi connectivity index (χ2v) is 6.24. The van der Waals surface area contributed by atoms with Crippen molar-refractivity contribution >= 4 is 39.8 Å². The van der Waals surface area contributed by atoms with Gasteiger partial charge in [0, 0.05) is 17.6 Å². The summed E-state index contributed by atoms with van der Waals surface area (Å²) in [7, 11) is 0. The molecule has 3 rings (SSSR count). The van der Waals surface area contributed by atoms with Crippen molar-refractivity contribution in [3.63, 3.8) is 0 Å². The number of aromatic amines is 1. The monoisotopic (exact) mass is 336 g/mol. The Morgan fingerprint density at radius 1 is 1.55 bits per heavy atom. The number of aromatic nitrogens is 2. The first-order chi connectivity index (χ1) is 10.6. The molecule has 2 N–H and O–H groups in total. The lowest BCUT2D eigenvalue weighted by Gasteiger charge is -2.23. The number of nitrogens with zero attached hydrogens (tertiary/aromatic N) is 2. The van der Waals surface area contributed by atoms with Crippen LogP contribution in [-0.4, -0.2) is 32.6 Å². The molecule has 1 aromatic carbocycles. The highest BCUT2D eigenvalue weighted by molar-refractivity contribution is 7.80. The van der Waals surface area contributed by atoms with Crippen molar-refractivity contribution in [3.05, 3.63) is 39.4 Å². The molecule has 0 spiro atoms. The Morgan fingerprint density at radius 2 is 2.32 bits per heavy atom. The quantitative estimate of drug-likeness (QED) is 0.840. The minimum Gasteiger partial charge on any atom is -0.360 e. The van der Waals surface area contributed by atoms with Gasteiger partial charge in [-0.05, 0) is 50.2 Å². The molecule has 0 radical (unpaired) electrons. The van der Waals surface area contributed by atoms with Gasteiger partial charge in [-0.2, -0.15) is 0 Å². The van der Waals surface area contributed by atoms with Gasteiger partial charge in [0.25, 0.3) is 5.56 Å². The Labute approximate surface area is 138 Å². The second kappa shape index (κ2) is 6.22. The zero-order valence-corrected chi connectivity index (χ0v) is 13.8. The molecule has 0 atom stereocenters. The molecule has 1 aromatic heterocycles.